The highest BCUT2D eigenvalue weighted by Crippen LogP contribution is 2.30. The number of ether oxygens (including phenoxy) is 1. The molecule has 0 radical (unpaired) electrons. The van der Waals surface area contributed by atoms with Crippen molar-refractivity contribution in [3.63, 3.8) is 0 Å². The van der Waals surface area contributed by atoms with Crippen LogP contribution in [0.2, 0.25) is 0 Å². The first-order valence-electron chi connectivity index (χ1n) is 9.08. The Morgan fingerprint density at radius 2 is 2.04 bits per heavy atom. The summed E-state index contributed by atoms with van der Waals surface area (Å²) < 4.78 is 32.6. The van der Waals surface area contributed by atoms with E-state index in [9.17, 15) is 4.39 Å². The maximum Gasteiger partial charge on any atom is 0.255 e. The number of nitrogens with zero attached hydrogens (tertiary/aromatic N) is 4. The van der Waals surface area contributed by atoms with Gasteiger partial charge in [-0.3, -0.25) is 0 Å². The molecule has 28 heavy (non-hydrogen) atoms. The summed E-state index contributed by atoms with van der Waals surface area (Å²) in [7, 11) is 0. The second kappa shape index (κ2) is 7.05. The van der Waals surface area contributed by atoms with Crippen molar-refractivity contribution in [2.45, 2.75) is 25.5 Å². The molecule has 0 spiro atoms. The lowest BCUT2D eigenvalue weighted by Gasteiger charge is -2.03. The van der Waals surface area contributed by atoms with Crippen molar-refractivity contribution >= 4 is 0 Å². The van der Waals surface area contributed by atoms with Crippen LogP contribution >= 0.6 is 0 Å². The van der Waals surface area contributed by atoms with Crippen molar-refractivity contribution in [2.75, 3.05) is 6.61 Å². The number of hydrogen-bond donors (Lipinski definition) is 0. The summed E-state index contributed by atoms with van der Waals surface area (Å²) in [5, 5.41) is 4.04. The molecule has 1 aliphatic heterocycles. The monoisotopic (exact) mass is 380 g/mol. The summed E-state index contributed by atoms with van der Waals surface area (Å²) in [5.74, 6) is 2.29. The molecule has 1 aromatic carbocycles. The fraction of sp³-hybridized carbons (Fsp3) is 0.250. The number of halogens is 1. The summed E-state index contributed by atoms with van der Waals surface area (Å²) in [5.41, 5.74) is 0.409. The molecule has 3 aromatic heterocycles. The standard InChI is InChI=1S/C20H17FN4O3/c21-14-5-2-1-4-13(14)15-7-8-16(27-15)19-22-9-10-25(19)12-18-23-20(28-24-18)17-6-3-11-26-17/h1-2,4-5,7-10,17H,3,6,11-12H2. The Hall–Kier alpha value is -3.26. The van der Waals surface area contributed by atoms with E-state index in [1.807, 2.05) is 10.8 Å². The Bertz CT molecular complexity index is 1090. The van der Waals surface area contributed by atoms with Gasteiger partial charge in [0.15, 0.2) is 17.4 Å². The van der Waals surface area contributed by atoms with Gasteiger partial charge >= 0.3 is 0 Å². The number of furan rings is 1. The van der Waals surface area contributed by atoms with E-state index < -0.39 is 0 Å². The molecular weight excluding hydrogens is 363 g/mol. The Morgan fingerprint density at radius 1 is 1.14 bits per heavy atom. The lowest BCUT2D eigenvalue weighted by Crippen LogP contribution is -2.03. The van der Waals surface area contributed by atoms with Crippen LogP contribution in [0.25, 0.3) is 22.9 Å². The molecule has 4 heterocycles. The quantitative estimate of drug-likeness (QED) is 0.515. The third kappa shape index (κ3) is 3.11. The zero-order valence-electron chi connectivity index (χ0n) is 14.9. The van der Waals surface area contributed by atoms with Crippen LogP contribution in [0.3, 0.4) is 0 Å². The fourth-order valence-electron chi connectivity index (χ4n) is 3.31. The number of hydrogen-bond acceptors (Lipinski definition) is 6. The molecule has 8 heteroatoms. The second-order valence-corrected chi connectivity index (χ2v) is 6.57. The van der Waals surface area contributed by atoms with Gasteiger partial charge in [-0.05, 0) is 37.1 Å². The normalized spacial score (nSPS) is 16.7. The van der Waals surface area contributed by atoms with Crippen LogP contribution < -0.4 is 0 Å². The molecule has 0 amide bonds. The second-order valence-electron chi connectivity index (χ2n) is 6.57. The summed E-state index contributed by atoms with van der Waals surface area (Å²) in [4.78, 5) is 8.80. The highest BCUT2D eigenvalue weighted by molar-refractivity contribution is 5.62. The predicted octanol–water partition coefficient (Wildman–Crippen LogP) is 4.23. The van der Waals surface area contributed by atoms with E-state index in [2.05, 4.69) is 15.1 Å². The zero-order chi connectivity index (χ0) is 18.9. The van der Waals surface area contributed by atoms with Crippen molar-refractivity contribution in [1.82, 2.24) is 19.7 Å². The summed E-state index contributed by atoms with van der Waals surface area (Å²) >= 11 is 0. The van der Waals surface area contributed by atoms with Crippen LogP contribution in [-0.2, 0) is 11.3 Å². The average molecular weight is 380 g/mol. The summed E-state index contributed by atoms with van der Waals surface area (Å²) in [6.45, 7) is 1.10. The van der Waals surface area contributed by atoms with Gasteiger partial charge in [0.2, 0.25) is 0 Å². The molecule has 0 N–H and O–H groups in total. The Morgan fingerprint density at radius 3 is 2.89 bits per heavy atom. The molecule has 1 unspecified atom stereocenters. The third-order valence-electron chi connectivity index (χ3n) is 4.68. The van der Waals surface area contributed by atoms with Gasteiger partial charge in [0, 0.05) is 19.0 Å². The average Bonchev–Trinajstić information content (AvgIpc) is 3.49. The van der Waals surface area contributed by atoms with E-state index in [4.69, 9.17) is 13.7 Å². The largest absolute Gasteiger partial charge is 0.453 e. The van der Waals surface area contributed by atoms with Crippen LogP contribution in [0, 0.1) is 5.82 Å². The van der Waals surface area contributed by atoms with Gasteiger partial charge in [0.1, 0.15) is 17.7 Å². The van der Waals surface area contributed by atoms with Gasteiger partial charge in [-0.2, -0.15) is 4.98 Å². The van der Waals surface area contributed by atoms with Crippen LogP contribution in [0.15, 0.2) is 57.7 Å². The van der Waals surface area contributed by atoms with E-state index in [0.717, 1.165) is 19.4 Å². The van der Waals surface area contributed by atoms with Gasteiger partial charge in [-0.15, -0.1) is 0 Å². The maximum atomic E-state index is 14.0. The highest BCUT2D eigenvalue weighted by atomic mass is 19.1. The van der Waals surface area contributed by atoms with E-state index >= 15 is 0 Å². The van der Waals surface area contributed by atoms with Crippen LogP contribution in [0.1, 0.15) is 30.7 Å². The molecule has 0 aliphatic carbocycles. The molecule has 1 atom stereocenters. The first-order chi connectivity index (χ1) is 13.8. The van der Waals surface area contributed by atoms with Gasteiger partial charge in [-0.25, -0.2) is 9.37 Å². The molecule has 1 aliphatic rings. The van der Waals surface area contributed by atoms with Crippen LogP contribution in [0.4, 0.5) is 4.39 Å². The number of rotatable bonds is 5. The summed E-state index contributed by atoms with van der Waals surface area (Å²) in [6.07, 6.45) is 5.25. The van der Waals surface area contributed by atoms with Crippen LogP contribution in [-0.4, -0.2) is 26.3 Å². The van der Waals surface area contributed by atoms with E-state index in [1.54, 1.807) is 36.5 Å². The van der Waals surface area contributed by atoms with Crippen molar-refractivity contribution in [3.05, 3.63) is 66.3 Å². The van der Waals surface area contributed by atoms with Crippen molar-refractivity contribution in [1.29, 1.82) is 0 Å². The fourth-order valence-corrected chi connectivity index (χ4v) is 3.31. The van der Waals surface area contributed by atoms with Gasteiger partial charge in [0.25, 0.3) is 5.89 Å². The zero-order valence-corrected chi connectivity index (χ0v) is 14.9. The Balaban J connectivity index is 1.39. The molecule has 5 rings (SSSR count). The van der Waals surface area contributed by atoms with Gasteiger partial charge < -0.3 is 18.2 Å². The molecule has 4 aromatic rings. The minimum Gasteiger partial charge on any atom is -0.453 e. The minimum atomic E-state index is -0.333. The Kier molecular flexibility index (Phi) is 4.25. The predicted molar refractivity (Wildman–Crippen MR) is 96.7 cm³/mol. The summed E-state index contributed by atoms with van der Waals surface area (Å²) in [6, 6.07) is 10.00. The van der Waals surface area contributed by atoms with E-state index in [0.29, 0.717) is 41.2 Å². The molecule has 1 fully saturated rings. The number of aromatic nitrogens is 4. The molecule has 7 nitrogen and oxygen atoms in total. The molecule has 1 saturated heterocycles. The third-order valence-corrected chi connectivity index (χ3v) is 4.68. The van der Waals surface area contributed by atoms with Crippen LogP contribution in [0.5, 0.6) is 0 Å². The lowest BCUT2D eigenvalue weighted by atomic mass is 10.1. The molecule has 142 valence electrons. The minimum absolute atomic E-state index is 0.114. The van der Waals surface area contributed by atoms with Crippen molar-refractivity contribution in [2.24, 2.45) is 0 Å². The highest BCUT2D eigenvalue weighted by Gasteiger charge is 2.24. The smallest absolute Gasteiger partial charge is 0.255 e. The molecular formula is C20H17FN4O3. The number of imidazole rings is 1. The van der Waals surface area contributed by atoms with Crippen molar-refractivity contribution < 1.29 is 18.1 Å². The van der Waals surface area contributed by atoms with Crippen molar-refractivity contribution in [3.8, 4) is 22.9 Å². The van der Waals surface area contributed by atoms with E-state index in [-0.39, 0.29) is 11.9 Å². The SMILES string of the molecule is Fc1ccccc1-c1ccc(-c2nccn2Cc2noc(C3CCCO3)n2)o1. The van der Waals surface area contributed by atoms with Gasteiger partial charge in [0.05, 0.1) is 12.1 Å². The first kappa shape index (κ1) is 16.9. The van der Waals surface area contributed by atoms with E-state index in [1.165, 1.54) is 6.07 Å². The number of benzene rings is 1. The Labute approximate surface area is 159 Å². The van der Waals surface area contributed by atoms with Gasteiger partial charge in [-0.1, -0.05) is 17.3 Å². The lowest BCUT2D eigenvalue weighted by molar-refractivity contribution is 0.0835. The molecule has 0 saturated carbocycles. The first-order valence-corrected chi connectivity index (χ1v) is 9.08. The molecule has 0 bridgehead atoms. The topological polar surface area (TPSA) is 79.1 Å². The maximum absolute atomic E-state index is 14.0.